The maximum atomic E-state index is 5.02. The van der Waals surface area contributed by atoms with Crippen LogP contribution in [-0.2, 0) is 4.74 Å². The Morgan fingerprint density at radius 1 is 1.09 bits per heavy atom. The van der Waals surface area contributed by atoms with Gasteiger partial charge >= 0.3 is 0 Å². The van der Waals surface area contributed by atoms with E-state index in [1.54, 1.807) is 13.4 Å². The van der Waals surface area contributed by atoms with Crippen LogP contribution in [0.25, 0.3) is 0 Å². The Kier molecular flexibility index (Phi) is 5.26. The van der Waals surface area contributed by atoms with Crippen LogP contribution in [0.5, 0.6) is 0 Å². The number of benzene rings is 1. The highest BCUT2D eigenvalue weighted by atomic mass is 16.5. The van der Waals surface area contributed by atoms with Crippen molar-refractivity contribution in [1.29, 1.82) is 0 Å². The second-order valence-electron chi connectivity index (χ2n) is 5.57. The molecule has 0 saturated carbocycles. The summed E-state index contributed by atoms with van der Waals surface area (Å²) >= 11 is 0. The molecule has 0 atom stereocenters. The molecule has 23 heavy (non-hydrogen) atoms. The Labute approximate surface area is 136 Å². The van der Waals surface area contributed by atoms with Crippen molar-refractivity contribution < 1.29 is 4.74 Å². The van der Waals surface area contributed by atoms with Gasteiger partial charge in [0.05, 0.1) is 6.61 Å². The largest absolute Gasteiger partial charge is 0.383 e. The molecular formula is C17H23N5O. The fourth-order valence-electron chi connectivity index (χ4n) is 2.68. The third-order valence-electron chi connectivity index (χ3n) is 3.89. The van der Waals surface area contributed by atoms with Crippen molar-refractivity contribution in [2.24, 2.45) is 0 Å². The summed E-state index contributed by atoms with van der Waals surface area (Å²) in [6, 6.07) is 10.4. The fourth-order valence-corrected chi connectivity index (χ4v) is 2.68. The molecule has 1 saturated heterocycles. The Bertz CT molecular complexity index is 611. The van der Waals surface area contributed by atoms with E-state index in [-0.39, 0.29) is 0 Å². The van der Waals surface area contributed by atoms with E-state index in [4.69, 9.17) is 4.74 Å². The first-order chi connectivity index (χ1) is 11.3. The predicted molar refractivity (Wildman–Crippen MR) is 93.6 cm³/mol. The molecule has 0 unspecified atom stereocenters. The summed E-state index contributed by atoms with van der Waals surface area (Å²) in [4.78, 5) is 10.9. The van der Waals surface area contributed by atoms with Crippen LogP contribution in [0.1, 0.15) is 12.8 Å². The topological polar surface area (TPSA) is 62.3 Å². The summed E-state index contributed by atoms with van der Waals surface area (Å²) < 4.78 is 5.02. The molecule has 2 aromatic rings. The quantitative estimate of drug-likeness (QED) is 0.767. The van der Waals surface area contributed by atoms with Crippen LogP contribution in [0.15, 0.2) is 36.7 Å². The Morgan fingerprint density at radius 3 is 2.57 bits per heavy atom. The lowest BCUT2D eigenvalue weighted by Gasteiger charge is -2.18. The smallest absolute Gasteiger partial charge is 0.135 e. The SMILES string of the molecule is COCCNc1cc(Nc2ccc(N3CCCC3)cc2)ncn1. The lowest BCUT2D eigenvalue weighted by Crippen LogP contribution is -2.17. The number of aromatic nitrogens is 2. The fraction of sp³-hybridized carbons (Fsp3) is 0.412. The van der Waals surface area contributed by atoms with E-state index in [0.717, 1.165) is 37.0 Å². The average molecular weight is 313 g/mol. The Morgan fingerprint density at radius 2 is 1.83 bits per heavy atom. The summed E-state index contributed by atoms with van der Waals surface area (Å²) in [6.45, 7) is 3.69. The van der Waals surface area contributed by atoms with Gasteiger partial charge in [-0.25, -0.2) is 9.97 Å². The zero-order valence-electron chi connectivity index (χ0n) is 13.5. The highest BCUT2D eigenvalue weighted by molar-refractivity contribution is 5.62. The monoisotopic (exact) mass is 313 g/mol. The zero-order valence-corrected chi connectivity index (χ0v) is 13.5. The number of rotatable bonds is 7. The van der Waals surface area contributed by atoms with E-state index in [1.807, 2.05) is 6.07 Å². The summed E-state index contributed by atoms with van der Waals surface area (Å²) in [7, 11) is 1.68. The second-order valence-corrected chi connectivity index (χ2v) is 5.57. The Hall–Kier alpha value is -2.34. The molecule has 6 heteroatoms. The number of anilines is 4. The summed E-state index contributed by atoms with van der Waals surface area (Å²) in [5, 5.41) is 6.51. The second kappa shape index (κ2) is 7.78. The van der Waals surface area contributed by atoms with Crippen LogP contribution < -0.4 is 15.5 Å². The van der Waals surface area contributed by atoms with E-state index >= 15 is 0 Å². The van der Waals surface area contributed by atoms with Crippen molar-refractivity contribution in [3.63, 3.8) is 0 Å². The van der Waals surface area contributed by atoms with Crippen LogP contribution in [0.4, 0.5) is 23.0 Å². The molecular weight excluding hydrogens is 290 g/mol. The third-order valence-corrected chi connectivity index (χ3v) is 3.89. The Balaban J connectivity index is 1.61. The van der Waals surface area contributed by atoms with Crippen molar-refractivity contribution in [2.75, 3.05) is 48.9 Å². The minimum absolute atomic E-state index is 0.644. The lowest BCUT2D eigenvalue weighted by molar-refractivity contribution is 0.210. The molecule has 6 nitrogen and oxygen atoms in total. The molecule has 2 heterocycles. The molecule has 122 valence electrons. The first-order valence-electron chi connectivity index (χ1n) is 8.02. The highest BCUT2D eigenvalue weighted by Crippen LogP contribution is 2.23. The molecule has 1 aromatic carbocycles. The van der Waals surface area contributed by atoms with Gasteiger partial charge in [0.15, 0.2) is 0 Å². The van der Waals surface area contributed by atoms with Gasteiger partial charge in [0.25, 0.3) is 0 Å². The van der Waals surface area contributed by atoms with E-state index in [9.17, 15) is 0 Å². The molecule has 0 spiro atoms. The van der Waals surface area contributed by atoms with Gasteiger partial charge in [-0.1, -0.05) is 0 Å². The van der Waals surface area contributed by atoms with Gasteiger partial charge in [-0.05, 0) is 37.1 Å². The van der Waals surface area contributed by atoms with Crippen LogP contribution in [0.3, 0.4) is 0 Å². The van der Waals surface area contributed by atoms with Crippen molar-refractivity contribution >= 4 is 23.0 Å². The van der Waals surface area contributed by atoms with Crippen molar-refractivity contribution in [2.45, 2.75) is 12.8 Å². The van der Waals surface area contributed by atoms with Crippen molar-refractivity contribution in [1.82, 2.24) is 9.97 Å². The minimum atomic E-state index is 0.644. The molecule has 2 N–H and O–H groups in total. The molecule has 1 aliphatic heterocycles. The van der Waals surface area contributed by atoms with Crippen molar-refractivity contribution in [3.05, 3.63) is 36.7 Å². The van der Waals surface area contributed by atoms with Crippen LogP contribution in [0.2, 0.25) is 0 Å². The van der Waals surface area contributed by atoms with Gasteiger partial charge in [0.1, 0.15) is 18.0 Å². The van der Waals surface area contributed by atoms with E-state index in [1.165, 1.54) is 18.5 Å². The third kappa shape index (κ3) is 4.32. The molecule has 1 fully saturated rings. The standard InChI is InChI=1S/C17H23N5O/c1-23-11-8-18-16-12-17(20-13-19-16)21-14-4-6-15(7-5-14)22-9-2-3-10-22/h4-7,12-13H,2-3,8-11H2,1H3,(H2,18,19,20,21). The average Bonchev–Trinajstić information content (AvgIpc) is 3.11. The molecule has 0 amide bonds. The predicted octanol–water partition coefficient (Wildman–Crippen LogP) is 2.88. The maximum absolute atomic E-state index is 5.02. The first-order valence-corrected chi connectivity index (χ1v) is 8.02. The van der Waals surface area contributed by atoms with E-state index < -0.39 is 0 Å². The van der Waals surface area contributed by atoms with Gasteiger partial charge in [0.2, 0.25) is 0 Å². The number of ether oxygens (including phenoxy) is 1. The number of hydrogen-bond donors (Lipinski definition) is 2. The van der Waals surface area contributed by atoms with E-state index in [2.05, 4.69) is 49.8 Å². The summed E-state index contributed by atoms with van der Waals surface area (Å²) in [5.41, 5.74) is 2.31. The van der Waals surface area contributed by atoms with Gasteiger partial charge in [-0.3, -0.25) is 0 Å². The maximum Gasteiger partial charge on any atom is 0.135 e. The zero-order chi connectivity index (χ0) is 15.9. The summed E-state index contributed by atoms with van der Waals surface area (Å²) in [6.07, 6.45) is 4.13. The lowest BCUT2D eigenvalue weighted by atomic mass is 10.2. The molecule has 3 rings (SSSR count). The molecule has 1 aromatic heterocycles. The van der Waals surface area contributed by atoms with Crippen LogP contribution >= 0.6 is 0 Å². The van der Waals surface area contributed by atoms with E-state index in [0.29, 0.717) is 6.61 Å². The number of hydrogen-bond acceptors (Lipinski definition) is 6. The molecule has 0 aliphatic carbocycles. The number of nitrogens with one attached hydrogen (secondary N) is 2. The van der Waals surface area contributed by atoms with Gasteiger partial charge in [-0.15, -0.1) is 0 Å². The molecule has 0 bridgehead atoms. The highest BCUT2D eigenvalue weighted by Gasteiger charge is 2.11. The van der Waals surface area contributed by atoms with Gasteiger partial charge < -0.3 is 20.3 Å². The normalized spacial score (nSPS) is 14.0. The first kappa shape index (κ1) is 15.6. The number of nitrogens with zero attached hydrogens (tertiary/aromatic N) is 3. The van der Waals surface area contributed by atoms with Crippen LogP contribution in [0, 0.1) is 0 Å². The summed E-state index contributed by atoms with van der Waals surface area (Å²) in [5.74, 6) is 1.56. The molecule has 1 aliphatic rings. The molecule has 0 radical (unpaired) electrons. The number of methoxy groups -OCH3 is 1. The van der Waals surface area contributed by atoms with Gasteiger partial charge in [-0.2, -0.15) is 0 Å². The van der Waals surface area contributed by atoms with Crippen molar-refractivity contribution in [3.8, 4) is 0 Å². The minimum Gasteiger partial charge on any atom is -0.383 e. The van der Waals surface area contributed by atoms with Gasteiger partial charge in [0, 0.05) is 44.2 Å². The van der Waals surface area contributed by atoms with Crippen LogP contribution in [-0.4, -0.2) is 43.3 Å².